The molecule has 0 fully saturated rings. The Hall–Kier alpha value is -1.39. The van der Waals surface area contributed by atoms with Gasteiger partial charge in [-0.1, -0.05) is 18.2 Å². The number of rotatable bonds is 5. The fraction of sp³-hybridized carbons (Fsp3) is 0.462. The van der Waals surface area contributed by atoms with Crippen LogP contribution in [0.25, 0.3) is 0 Å². The highest BCUT2D eigenvalue weighted by molar-refractivity contribution is 5.95. The summed E-state index contributed by atoms with van der Waals surface area (Å²) in [7, 11) is 1.59. The molecule has 1 atom stereocenters. The van der Waals surface area contributed by atoms with Gasteiger partial charge in [-0.15, -0.1) is 0 Å². The molecule has 1 unspecified atom stereocenters. The quantitative estimate of drug-likeness (QED) is 0.816. The van der Waals surface area contributed by atoms with Crippen LogP contribution in [0.15, 0.2) is 18.2 Å². The molecule has 0 aromatic heterocycles. The Bertz CT molecular complexity index is 371. The molecule has 1 aromatic rings. The van der Waals surface area contributed by atoms with Crippen LogP contribution in [-0.4, -0.2) is 25.7 Å². The van der Waals surface area contributed by atoms with Crippen molar-refractivity contribution in [2.45, 2.75) is 26.3 Å². The van der Waals surface area contributed by atoms with Gasteiger partial charge < -0.3 is 15.8 Å². The molecular weight excluding hydrogens is 216 g/mol. The van der Waals surface area contributed by atoms with Gasteiger partial charge in [-0.25, -0.2) is 0 Å². The summed E-state index contributed by atoms with van der Waals surface area (Å²) in [6, 6.07) is 5.35. The highest BCUT2D eigenvalue weighted by Crippen LogP contribution is 2.19. The Balaban J connectivity index is 2.68. The van der Waals surface area contributed by atoms with E-state index in [2.05, 4.69) is 5.32 Å². The number of carbonyl (C=O) groups is 1. The fourth-order valence-electron chi connectivity index (χ4n) is 1.60. The van der Waals surface area contributed by atoms with E-state index >= 15 is 0 Å². The van der Waals surface area contributed by atoms with Crippen molar-refractivity contribution >= 4 is 11.6 Å². The Morgan fingerprint density at radius 3 is 2.53 bits per heavy atom. The van der Waals surface area contributed by atoms with Gasteiger partial charge in [0.15, 0.2) is 0 Å². The van der Waals surface area contributed by atoms with E-state index in [1.54, 1.807) is 7.11 Å². The summed E-state index contributed by atoms with van der Waals surface area (Å²) in [4.78, 5) is 11.8. The molecule has 0 spiro atoms. The van der Waals surface area contributed by atoms with Crippen LogP contribution >= 0.6 is 0 Å². The third-order valence-electron chi connectivity index (χ3n) is 2.70. The molecule has 4 nitrogen and oxygen atoms in total. The Morgan fingerprint density at radius 1 is 1.41 bits per heavy atom. The van der Waals surface area contributed by atoms with E-state index in [0.717, 1.165) is 16.8 Å². The topological polar surface area (TPSA) is 64.3 Å². The number of aryl methyl sites for hydroxylation is 2. The van der Waals surface area contributed by atoms with Crippen molar-refractivity contribution in [1.82, 2.24) is 0 Å². The van der Waals surface area contributed by atoms with Crippen LogP contribution < -0.4 is 11.1 Å². The number of hydrogen-bond acceptors (Lipinski definition) is 3. The smallest absolute Gasteiger partial charge is 0.241 e. The monoisotopic (exact) mass is 236 g/mol. The van der Waals surface area contributed by atoms with Crippen LogP contribution in [0.5, 0.6) is 0 Å². The SMILES string of the molecule is COCCC(N)C(=O)Nc1c(C)cccc1C. The third kappa shape index (κ3) is 3.84. The number of nitrogens with two attached hydrogens (primary N) is 1. The van der Waals surface area contributed by atoms with Crippen LogP contribution in [0.1, 0.15) is 17.5 Å². The molecule has 0 aliphatic heterocycles. The van der Waals surface area contributed by atoms with Gasteiger partial charge in [-0.3, -0.25) is 4.79 Å². The molecule has 0 radical (unpaired) electrons. The number of methoxy groups -OCH3 is 1. The lowest BCUT2D eigenvalue weighted by atomic mass is 10.1. The van der Waals surface area contributed by atoms with Crippen LogP contribution in [-0.2, 0) is 9.53 Å². The minimum Gasteiger partial charge on any atom is -0.385 e. The summed E-state index contributed by atoms with van der Waals surface area (Å²) in [5, 5.41) is 2.87. The predicted molar refractivity (Wildman–Crippen MR) is 69.0 cm³/mol. The van der Waals surface area contributed by atoms with E-state index in [1.807, 2.05) is 32.0 Å². The molecule has 0 aliphatic carbocycles. The second kappa shape index (κ2) is 6.37. The maximum atomic E-state index is 11.8. The molecule has 0 saturated heterocycles. The molecule has 0 heterocycles. The molecule has 17 heavy (non-hydrogen) atoms. The Labute approximate surface area is 102 Å². The average Bonchev–Trinajstić information content (AvgIpc) is 2.30. The lowest BCUT2D eigenvalue weighted by molar-refractivity contribution is -0.117. The molecule has 1 rings (SSSR count). The van der Waals surface area contributed by atoms with Gasteiger partial charge in [-0.05, 0) is 31.4 Å². The summed E-state index contributed by atoms with van der Waals surface area (Å²) in [6.07, 6.45) is 0.521. The fourth-order valence-corrected chi connectivity index (χ4v) is 1.60. The summed E-state index contributed by atoms with van der Waals surface area (Å²) >= 11 is 0. The van der Waals surface area contributed by atoms with Gasteiger partial charge >= 0.3 is 0 Å². The first kappa shape index (κ1) is 13.7. The predicted octanol–water partition coefficient (Wildman–Crippen LogP) is 1.61. The highest BCUT2D eigenvalue weighted by Gasteiger charge is 2.14. The molecule has 0 saturated carbocycles. The Morgan fingerprint density at radius 2 is 2.00 bits per heavy atom. The van der Waals surface area contributed by atoms with Gasteiger partial charge in [0.25, 0.3) is 0 Å². The molecule has 4 heteroatoms. The van der Waals surface area contributed by atoms with Crippen LogP contribution in [0.2, 0.25) is 0 Å². The number of carbonyl (C=O) groups excluding carboxylic acids is 1. The van der Waals surface area contributed by atoms with Crippen molar-refractivity contribution in [3.8, 4) is 0 Å². The zero-order valence-electron chi connectivity index (χ0n) is 10.6. The summed E-state index contributed by atoms with van der Waals surface area (Å²) in [5.74, 6) is -0.167. The van der Waals surface area contributed by atoms with Crippen molar-refractivity contribution in [3.05, 3.63) is 29.3 Å². The molecular formula is C13H20N2O2. The lowest BCUT2D eigenvalue weighted by Gasteiger charge is -2.15. The third-order valence-corrected chi connectivity index (χ3v) is 2.70. The first-order chi connectivity index (χ1) is 8.06. The normalized spacial score (nSPS) is 12.2. The second-order valence-electron chi connectivity index (χ2n) is 4.14. The van der Waals surface area contributed by atoms with E-state index in [9.17, 15) is 4.79 Å². The lowest BCUT2D eigenvalue weighted by Crippen LogP contribution is -2.36. The zero-order valence-corrected chi connectivity index (χ0v) is 10.6. The van der Waals surface area contributed by atoms with Gasteiger partial charge in [0, 0.05) is 19.4 Å². The van der Waals surface area contributed by atoms with Gasteiger partial charge in [0.05, 0.1) is 6.04 Å². The van der Waals surface area contributed by atoms with E-state index in [4.69, 9.17) is 10.5 Å². The molecule has 0 aliphatic rings. The van der Waals surface area contributed by atoms with Gasteiger partial charge in [0.1, 0.15) is 0 Å². The molecule has 94 valence electrons. The van der Waals surface area contributed by atoms with Gasteiger partial charge in [-0.2, -0.15) is 0 Å². The highest BCUT2D eigenvalue weighted by atomic mass is 16.5. The van der Waals surface area contributed by atoms with Crippen LogP contribution in [0, 0.1) is 13.8 Å². The van der Waals surface area contributed by atoms with Gasteiger partial charge in [0.2, 0.25) is 5.91 Å². The minimum atomic E-state index is -0.533. The van der Waals surface area contributed by atoms with E-state index in [0.29, 0.717) is 13.0 Å². The standard InChI is InChI=1S/C13H20N2O2/c1-9-5-4-6-10(2)12(9)15-13(16)11(14)7-8-17-3/h4-6,11H,7-8,14H2,1-3H3,(H,15,16). The average molecular weight is 236 g/mol. The van der Waals surface area contributed by atoms with E-state index in [-0.39, 0.29) is 5.91 Å². The number of nitrogens with one attached hydrogen (secondary N) is 1. The minimum absolute atomic E-state index is 0.167. The van der Waals surface area contributed by atoms with Crippen LogP contribution in [0.4, 0.5) is 5.69 Å². The molecule has 0 bridgehead atoms. The maximum absolute atomic E-state index is 11.8. The van der Waals surface area contributed by atoms with Crippen molar-refractivity contribution in [3.63, 3.8) is 0 Å². The molecule has 1 aromatic carbocycles. The number of para-hydroxylation sites is 1. The largest absolute Gasteiger partial charge is 0.385 e. The second-order valence-corrected chi connectivity index (χ2v) is 4.14. The van der Waals surface area contributed by atoms with Crippen molar-refractivity contribution in [2.75, 3.05) is 19.0 Å². The first-order valence-electron chi connectivity index (χ1n) is 5.68. The Kier molecular flexibility index (Phi) is 5.12. The first-order valence-corrected chi connectivity index (χ1v) is 5.68. The number of anilines is 1. The zero-order chi connectivity index (χ0) is 12.8. The van der Waals surface area contributed by atoms with Crippen molar-refractivity contribution < 1.29 is 9.53 Å². The van der Waals surface area contributed by atoms with E-state index < -0.39 is 6.04 Å². The summed E-state index contributed by atoms with van der Waals surface area (Å²) < 4.78 is 4.90. The number of ether oxygens (including phenoxy) is 1. The number of hydrogen-bond donors (Lipinski definition) is 2. The van der Waals surface area contributed by atoms with Crippen molar-refractivity contribution in [1.29, 1.82) is 0 Å². The van der Waals surface area contributed by atoms with E-state index in [1.165, 1.54) is 0 Å². The summed E-state index contributed by atoms with van der Waals surface area (Å²) in [6.45, 7) is 4.41. The maximum Gasteiger partial charge on any atom is 0.241 e. The van der Waals surface area contributed by atoms with Crippen molar-refractivity contribution in [2.24, 2.45) is 5.73 Å². The number of amides is 1. The number of benzene rings is 1. The molecule has 3 N–H and O–H groups in total. The summed E-state index contributed by atoms with van der Waals surface area (Å²) in [5.41, 5.74) is 8.69. The van der Waals surface area contributed by atoms with Crippen LogP contribution in [0.3, 0.4) is 0 Å². The molecule has 1 amide bonds.